The summed E-state index contributed by atoms with van der Waals surface area (Å²) in [6.45, 7) is 1.83. The van der Waals surface area contributed by atoms with E-state index < -0.39 is 5.97 Å². The zero-order valence-electron chi connectivity index (χ0n) is 11.6. The van der Waals surface area contributed by atoms with Crippen LogP contribution in [0.15, 0.2) is 24.3 Å². The predicted molar refractivity (Wildman–Crippen MR) is 74.0 cm³/mol. The van der Waals surface area contributed by atoms with Crippen LogP contribution in [-0.4, -0.2) is 35.5 Å². The third-order valence-electron chi connectivity index (χ3n) is 3.02. The number of hydrogen-bond acceptors (Lipinski definition) is 2. The fraction of sp³-hybridized carbons (Fsp3) is 0.467. The van der Waals surface area contributed by atoms with Gasteiger partial charge >= 0.3 is 5.97 Å². The molecule has 0 bridgehead atoms. The van der Waals surface area contributed by atoms with Crippen LogP contribution in [0.5, 0.6) is 0 Å². The van der Waals surface area contributed by atoms with Gasteiger partial charge in [-0.15, -0.1) is 0 Å². The van der Waals surface area contributed by atoms with E-state index in [4.69, 9.17) is 5.11 Å². The van der Waals surface area contributed by atoms with Gasteiger partial charge < -0.3 is 10.0 Å². The molecule has 0 aromatic heterocycles. The summed E-state index contributed by atoms with van der Waals surface area (Å²) in [6.07, 6.45) is 3.10. The van der Waals surface area contributed by atoms with Gasteiger partial charge in [0.15, 0.2) is 0 Å². The molecular formula is C15H21NO3. The predicted octanol–water partition coefficient (Wildman–Crippen LogP) is 2.25. The third-order valence-corrected chi connectivity index (χ3v) is 3.02. The van der Waals surface area contributed by atoms with E-state index in [1.54, 1.807) is 0 Å². The lowest BCUT2D eigenvalue weighted by Gasteiger charge is -2.14. The minimum Gasteiger partial charge on any atom is -0.480 e. The topological polar surface area (TPSA) is 57.6 Å². The van der Waals surface area contributed by atoms with E-state index in [0.29, 0.717) is 6.42 Å². The maximum atomic E-state index is 11.6. The number of carbonyl (C=O) groups excluding carboxylic acids is 1. The number of aliphatic carboxylic acids is 1. The van der Waals surface area contributed by atoms with E-state index in [2.05, 4.69) is 31.2 Å². The molecule has 1 rings (SSSR count). The summed E-state index contributed by atoms with van der Waals surface area (Å²) in [5.74, 6) is -1.08. The minimum absolute atomic E-state index is 0.105. The lowest BCUT2D eigenvalue weighted by atomic mass is 10.1. The molecule has 0 atom stereocenters. The van der Waals surface area contributed by atoms with E-state index in [-0.39, 0.29) is 12.5 Å². The molecule has 0 aliphatic carbocycles. The number of carboxylic acids is 1. The molecule has 19 heavy (non-hydrogen) atoms. The number of carboxylic acid groups (broad SMARTS) is 1. The number of likely N-dealkylation sites (N-methyl/N-ethyl adjacent to an activating group) is 1. The first-order chi connectivity index (χ1) is 8.99. The van der Waals surface area contributed by atoms with Gasteiger partial charge in [-0.05, 0) is 31.7 Å². The second-order valence-corrected chi connectivity index (χ2v) is 4.84. The van der Waals surface area contributed by atoms with Crippen molar-refractivity contribution in [2.45, 2.75) is 32.6 Å². The summed E-state index contributed by atoms with van der Waals surface area (Å²) >= 11 is 0. The first-order valence-corrected chi connectivity index (χ1v) is 6.50. The summed E-state index contributed by atoms with van der Waals surface area (Å²) in [6, 6.07) is 8.38. The Morgan fingerprint density at radius 1 is 1.16 bits per heavy atom. The molecule has 0 aliphatic heterocycles. The van der Waals surface area contributed by atoms with Crippen molar-refractivity contribution in [3.63, 3.8) is 0 Å². The molecule has 1 aromatic rings. The lowest BCUT2D eigenvalue weighted by Crippen LogP contribution is -2.31. The molecular weight excluding hydrogens is 242 g/mol. The summed E-state index contributed by atoms with van der Waals surface area (Å²) in [5, 5.41) is 8.58. The Bertz CT molecular complexity index is 426. The highest BCUT2D eigenvalue weighted by Gasteiger charge is 2.11. The number of benzene rings is 1. The molecule has 1 amide bonds. The average Bonchev–Trinajstić information content (AvgIpc) is 2.35. The third kappa shape index (κ3) is 6.04. The van der Waals surface area contributed by atoms with Crippen molar-refractivity contribution in [2.24, 2.45) is 0 Å². The zero-order chi connectivity index (χ0) is 14.3. The van der Waals surface area contributed by atoms with Gasteiger partial charge in [-0.1, -0.05) is 29.8 Å². The molecule has 104 valence electrons. The van der Waals surface area contributed by atoms with Gasteiger partial charge in [-0.2, -0.15) is 0 Å². The van der Waals surface area contributed by atoms with Gasteiger partial charge in [0, 0.05) is 13.5 Å². The van der Waals surface area contributed by atoms with Crippen molar-refractivity contribution in [3.05, 3.63) is 35.4 Å². The highest BCUT2D eigenvalue weighted by atomic mass is 16.4. The number of amides is 1. The number of carbonyl (C=O) groups is 2. The van der Waals surface area contributed by atoms with Crippen LogP contribution in [0.2, 0.25) is 0 Å². The lowest BCUT2D eigenvalue weighted by molar-refractivity contribution is -0.143. The van der Waals surface area contributed by atoms with Crippen LogP contribution in [0, 0.1) is 6.92 Å². The van der Waals surface area contributed by atoms with Crippen LogP contribution in [0.4, 0.5) is 0 Å². The van der Waals surface area contributed by atoms with Crippen molar-refractivity contribution in [2.75, 3.05) is 13.6 Å². The second-order valence-electron chi connectivity index (χ2n) is 4.84. The summed E-state index contributed by atoms with van der Waals surface area (Å²) in [5.41, 5.74) is 2.52. The Morgan fingerprint density at radius 3 is 2.37 bits per heavy atom. The SMILES string of the molecule is Cc1ccc(CCCCC(=O)N(C)CC(=O)O)cc1. The molecule has 0 fully saturated rings. The summed E-state index contributed by atoms with van der Waals surface area (Å²) in [4.78, 5) is 23.3. The summed E-state index contributed by atoms with van der Waals surface area (Å²) < 4.78 is 0. The number of unbranched alkanes of at least 4 members (excludes halogenated alkanes) is 1. The van der Waals surface area contributed by atoms with Crippen LogP contribution in [-0.2, 0) is 16.0 Å². The number of hydrogen-bond donors (Lipinski definition) is 1. The fourth-order valence-corrected chi connectivity index (χ4v) is 1.84. The van der Waals surface area contributed by atoms with Crippen molar-refractivity contribution in [1.82, 2.24) is 4.90 Å². The van der Waals surface area contributed by atoms with Gasteiger partial charge in [0.2, 0.25) is 5.91 Å². The largest absolute Gasteiger partial charge is 0.480 e. The van der Waals surface area contributed by atoms with Gasteiger partial charge in [-0.3, -0.25) is 9.59 Å². The maximum Gasteiger partial charge on any atom is 0.323 e. The van der Waals surface area contributed by atoms with Gasteiger partial charge in [0.1, 0.15) is 6.54 Å². The molecule has 4 nitrogen and oxygen atoms in total. The Balaban J connectivity index is 2.21. The molecule has 4 heteroatoms. The Labute approximate surface area is 114 Å². The Kier molecular flexibility index (Phi) is 6.06. The first-order valence-electron chi connectivity index (χ1n) is 6.50. The van der Waals surface area contributed by atoms with Crippen LogP contribution < -0.4 is 0 Å². The molecule has 0 radical (unpaired) electrons. The average molecular weight is 263 g/mol. The first kappa shape index (κ1) is 15.2. The fourth-order valence-electron chi connectivity index (χ4n) is 1.84. The molecule has 0 saturated carbocycles. The molecule has 0 spiro atoms. The van der Waals surface area contributed by atoms with Crippen molar-refractivity contribution >= 4 is 11.9 Å². The van der Waals surface area contributed by atoms with Crippen LogP contribution in [0.1, 0.15) is 30.4 Å². The summed E-state index contributed by atoms with van der Waals surface area (Å²) in [7, 11) is 1.52. The second kappa shape index (κ2) is 7.56. The van der Waals surface area contributed by atoms with E-state index in [0.717, 1.165) is 19.3 Å². The van der Waals surface area contributed by atoms with E-state index in [1.807, 2.05) is 0 Å². The molecule has 0 heterocycles. The monoisotopic (exact) mass is 263 g/mol. The molecule has 0 unspecified atom stereocenters. The van der Waals surface area contributed by atoms with E-state index in [1.165, 1.54) is 23.1 Å². The number of rotatable bonds is 7. The zero-order valence-corrected chi connectivity index (χ0v) is 11.6. The molecule has 1 aromatic carbocycles. The van der Waals surface area contributed by atoms with Gasteiger partial charge in [-0.25, -0.2) is 0 Å². The normalized spacial score (nSPS) is 10.2. The van der Waals surface area contributed by atoms with Gasteiger partial charge in [0.25, 0.3) is 0 Å². The minimum atomic E-state index is -0.976. The number of nitrogens with zero attached hydrogens (tertiary/aromatic N) is 1. The smallest absolute Gasteiger partial charge is 0.323 e. The molecule has 0 saturated heterocycles. The van der Waals surface area contributed by atoms with Gasteiger partial charge in [0.05, 0.1) is 0 Å². The maximum absolute atomic E-state index is 11.6. The molecule has 0 aliphatic rings. The van der Waals surface area contributed by atoms with Crippen LogP contribution in [0.25, 0.3) is 0 Å². The number of aryl methyl sites for hydroxylation is 2. The standard InChI is InChI=1S/C15H21NO3/c1-12-7-9-13(10-8-12)5-3-4-6-14(17)16(2)11-15(18)19/h7-10H,3-6,11H2,1-2H3,(H,18,19). The quantitative estimate of drug-likeness (QED) is 0.768. The van der Waals surface area contributed by atoms with Crippen molar-refractivity contribution in [1.29, 1.82) is 0 Å². The highest BCUT2D eigenvalue weighted by molar-refractivity contribution is 5.80. The van der Waals surface area contributed by atoms with Crippen LogP contribution >= 0.6 is 0 Å². The van der Waals surface area contributed by atoms with Crippen molar-refractivity contribution in [3.8, 4) is 0 Å². The highest BCUT2D eigenvalue weighted by Crippen LogP contribution is 2.09. The van der Waals surface area contributed by atoms with Crippen LogP contribution in [0.3, 0.4) is 0 Å². The Hall–Kier alpha value is -1.84. The Morgan fingerprint density at radius 2 is 1.79 bits per heavy atom. The van der Waals surface area contributed by atoms with E-state index >= 15 is 0 Å². The molecule has 1 N–H and O–H groups in total. The van der Waals surface area contributed by atoms with E-state index in [9.17, 15) is 9.59 Å². The van der Waals surface area contributed by atoms with Crippen molar-refractivity contribution < 1.29 is 14.7 Å².